The van der Waals surface area contributed by atoms with Crippen LogP contribution in [0.3, 0.4) is 0 Å². The number of para-hydroxylation sites is 2. The van der Waals surface area contributed by atoms with Gasteiger partial charge in [0.15, 0.2) is 34.6 Å². The summed E-state index contributed by atoms with van der Waals surface area (Å²) in [6, 6.07) is 7.48. The third-order valence-corrected chi connectivity index (χ3v) is 11.9. The van der Waals surface area contributed by atoms with E-state index in [9.17, 15) is 80.5 Å². The molecule has 2 aromatic carbocycles. The molecule has 3 fully saturated rings. The second-order valence-corrected chi connectivity index (χ2v) is 15.5. The number of carbonyl (C=O) groups is 4. The minimum atomic E-state index is -3.08. The highest BCUT2D eigenvalue weighted by molar-refractivity contribution is 6.16. The molecular formula is C40H44O22. The molecule has 22 heteroatoms. The van der Waals surface area contributed by atoms with Crippen LogP contribution in [0.25, 0.3) is 0 Å². The quantitative estimate of drug-likeness (QED) is 0.0543. The van der Waals surface area contributed by atoms with E-state index in [0.29, 0.717) is 0 Å². The highest BCUT2D eigenvalue weighted by Gasteiger charge is 2.71. The van der Waals surface area contributed by atoms with E-state index < -0.39 is 169 Å². The Balaban J connectivity index is 1.07. The molecule has 16 atom stereocenters. The molecule has 12 N–H and O–H groups in total. The van der Waals surface area contributed by atoms with Crippen LogP contribution in [0.1, 0.15) is 11.1 Å². The zero-order valence-corrected chi connectivity index (χ0v) is 32.1. The van der Waals surface area contributed by atoms with Crippen LogP contribution in [0, 0.1) is 23.7 Å². The third-order valence-electron chi connectivity index (χ3n) is 11.9. The molecule has 6 aliphatic rings. The molecule has 2 saturated heterocycles. The summed E-state index contributed by atoms with van der Waals surface area (Å²) in [6.07, 6.45) is -12.6. The van der Waals surface area contributed by atoms with Gasteiger partial charge in [0.2, 0.25) is 23.8 Å². The minimum Gasteiger partial charge on any atom is -0.504 e. The molecular weight excluding hydrogens is 832 g/mol. The molecule has 0 aromatic heterocycles. The summed E-state index contributed by atoms with van der Waals surface area (Å²) in [5.74, 6) is -13.6. The van der Waals surface area contributed by atoms with Crippen LogP contribution in [0.4, 0.5) is 0 Å². The van der Waals surface area contributed by atoms with E-state index in [4.69, 9.17) is 28.4 Å². The van der Waals surface area contributed by atoms with Crippen molar-refractivity contribution in [3.63, 3.8) is 0 Å². The standard InChI is InChI=1S/C40H44O22/c41-11-22-26(46)28(48)30(50)35(59-22)61-32-15(3-1-5-20(32)43)13-57-37(53)39(55)19-9-7-18(34(39)52)25-17(19)8-10-24(45)40(25,56)38(54)58-14-16-4-2-6-21(44)33(16)62-36-31(51)29(49)27(47)23(12-42)60-36/h1-10,17-19,22-23,25-31,35-36,41-44,46-51,55-56H,11-14H2/t17-,18-,19-,22+,23+,25+,26+,27+,28-,29-,30+,31+,35-,36-,39+,40-/m0/s1. The minimum absolute atomic E-state index is 0.102. The molecule has 0 spiro atoms. The number of ketones is 2. The van der Waals surface area contributed by atoms with Crippen molar-refractivity contribution < 1.29 is 109 Å². The van der Waals surface area contributed by atoms with E-state index >= 15 is 0 Å². The Morgan fingerprint density at radius 3 is 1.56 bits per heavy atom. The number of hydrogen-bond acceptors (Lipinski definition) is 22. The van der Waals surface area contributed by atoms with Crippen molar-refractivity contribution in [1.29, 1.82) is 0 Å². The number of ether oxygens (including phenoxy) is 6. The molecule has 2 heterocycles. The summed E-state index contributed by atoms with van der Waals surface area (Å²) in [5, 5.41) is 125. The zero-order valence-electron chi connectivity index (χ0n) is 32.1. The predicted molar refractivity (Wildman–Crippen MR) is 197 cm³/mol. The number of phenolic OH excluding ortho intramolecular Hbond substituents is 2. The van der Waals surface area contributed by atoms with Crippen molar-refractivity contribution in [2.24, 2.45) is 23.7 Å². The molecule has 62 heavy (non-hydrogen) atoms. The van der Waals surface area contributed by atoms with Gasteiger partial charge in [0, 0.05) is 28.9 Å². The summed E-state index contributed by atoms with van der Waals surface area (Å²) in [6.45, 7) is -3.17. The predicted octanol–water partition coefficient (Wildman–Crippen LogP) is -4.54. The topological polar surface area (TPSA) is 366 Å². The highest BCUT2D eigenvalue weighted by Crippen LogP contribution is 2.55. The fourth-order valence-corrected chi connectivity index (χ4v) is 8.49. The van der Waals surface area contributed by atoms with E-state index in [1.807, 2.05) is 0 Å². The van der Waals surface area contributed by atoms with Gasteiger partial charge in [-0.3, -0.25) is 9.59 Å². The van der Waals surface area contributed by atoms with Gasteiger partial charge in [0.1, 0.15) is 62.0 Å². The number of hydrogen-bond donors (Lipinski definition) is 12. The maximum absolute atomic E-state index is 14.0. The molecule has 1 saturated carbocycles. The fraction of sp³-hybridized carbons (Fsp3) is 0.500. The second-order valence-electron chi connectivity index (χ2n) is 15.5. The van der Waals surface area contributed by atoms with Gasteiger partial charge in [-0.2, -0.15) is 0 Å². The van der Waals surface area contributed by atoms with Crippen LogP contribution in [0.2, 0.25) is 0 Å². The number of aromatic hydroxyl groups is 2. The third kappa shape index (κ3) is 7.40. The Morgan fingerprint density at radius 1 is 0.629 bits per heavy atom. The molecule has 336 valence electrons. The van der Waals surface area contributed by atoms with Gasteiger partial charge in [-0.15, -0.1) is 0 Å². The summed E-state index contributed by atoms with van der Waals surface area (Å²) in [5.41, 5.74) is -6.26. The monoisotopic (exact) mass is 876 g/mol. The number of Topliss-reactive ketones (excluding diaryl/α,β-unsaturated/α-hetero) is 1. The van der Waals surface area contributed by atoms with Gasteiger partial charge in [-0.05, 0) is 24.1 Å². The lowest BCUT2D eigenvalue weighted by Crippen LogP contribution is -2.71. The molecule has 0 radical (unpaired) electrons. The van der Waals surface area contributed by atoms with E-state index in [0.717, 1.165) is 18.2 Å². The lowest BCUT2D eigenvalue weighted by molar-refractivity contribution is -0.277. The first-order chi connectivity index (χ1) is 29.4. The van der Waals surface area contributed by atoms with Gasteiger partial charge in [-0.25, -0.2) is 9.59 Å². The first-order valence-electron chi connectivity index (χ1n) is 19.2. The highest BCUT2D eigenvalue weighted by atomic mass is 16.7. The Bertz CT molecular complexity index is 2120. The van der Waals surface area contributed by atoms with Gasteiger partial charge in [0.05, 0.1) is 13.2 Å². The van der Waals surface area contributed by atoms with Crippen molar-refractivity contribution in [2.45, 2.75) is 85.8 Å². The van der Waals surface area contributed by atoms with Crippen LogP contribution in [0.15, 0.2) is 60.7 Å². The second kappa shape index (κ2) is 17.2. The number of benzene rings is 2. The molecule has 4 aliphatic carbocycles. The molecule has 2 aliphatic heterocycles. The van der Waals surface area contributed by atoms with Crippen LogP contribution in [-0.2, 0) is 51.3 Å². The normalized spacial score (nSPS) is 38.6. The Kier molecular flexibility index (Phi) is 12.5. The number of allylic oxidation sites excluding steroid dienone is 2. The van der Waals surface area contributed by atoms with E-state index in [1.165, 1.54) is 42.5 Å². The van der Waals surface area contributed by atoms with Crippen LogP contribution in [-0.4, -0.2) is 171 Å². The maximum Gasteiger partial charge on any atom is 0.347 e. The van der Waals surface area contributed by atoms with Crippen molar-refractivity contribution in [1.82, 2.24) is 0 Å². The SMILES string of the molecule is O=C1C=C[C@@H]2[C@H]([C@@H]3C=C[C@@H]2[C@](O)(C(=O)OCc2cccc(O)c2O[C@@H]2O[C@H](CO)[C@@H](O)[C@H](O)[C@H]2O)C3=O)[C@]1(O)C(=O)OCc1cccc(O)c1O[C@@H]1O[C@H](CO)[C@@H](O)[C@H](O)[C@H]1O. The molecule has 22 nitrogen and oxygen atoms in total. The lowest BCUT2D eigenvalue weighted by atomic mass is 9.49. The first kappa shape index (κ1) is 45.0. The number of carbonyl (C=O) groups excluding carboxylic acids is 4. The smallest absolute Gasteiger partial charge is 0.347 e. The molecule has 2 bridgehead atoms. The summed E-state index contributed by atoms with van der Waals surface area (Å²) >= 11 is 0. The zero-order chi connectivity index (χ0) is 45.0. The maximum atomic E-state index is 14.0. The Labute approximate surface area is 349 Å². The largest absolute Gasteiger partial charge is 0.504 e. The summed E-state index contributed by atoms with van der Waals surface area (Å²) in [7, 11) is 0. The Hall–Kier alpha value is -5.08. The number of esters is 2. The Morgan fingerprint density at radius 2 is 1.10 bits per heavy atom. The summed E-state index contributed by atoms with van der Waals surface area (Å²) < 4.78 is 32.6. The van der Waals surface area contributed by atoms with Gasteiger partial charge >= 0.3 is 11.9 Å². The van der Waals surface area contributed by atoms with E-state index in [2.05, 4.69) is 0 Å². The van der Waals surface area contributed by atoms with Crippen molar-refractivity contribution in [3.8, 4) is 23.0 Å². The number of phenols is 2. The molecule has 2 aromatic rings. The first-order valence-corrected chi connectivity index (χ1v) is 19.2. The number of aliphatic hydroxyl groups is 10. The summed E-state index contributed by atoms with van der Waals surface area (Å²) in [4.78, 5) is 55.0. The van der Waals surface area contributed by atoms with Crippen LogP contribution in [0.5, 0.6) is 23.0 Å². The van der Waals surface area contributed by atoms with E-state index in [-0.39, 0.29) is 11.1 Å². The average molecular weight is 877 g/mol. The number of fused-ring (bicyclic) bond motifs is 1. The molecule has 8 rings (SSSR count). The van der Waals surface area contributed by atoms with Crippen LogP contribution < -0.4 is 9.47 Å². The number of aliphatic hydroxyl groups excluding tert-OH is 8. The van der Waals surface area contributed by atoms with Gasteiger partial charge in [-0.1, -0.05) is 42.5 Å². The molecule has 0 amide bonds. The van der Waals surface area contributed by atoms with Gasteiger partial charge < -0.3 is 89.7 Å². The molecule has 0 unspecified atom stereocenters. The number of rotatable bonds is 12. The van der Waals surface area contributed by atoms with Crippen molar-refractivity contribution >= 4 is 23.5 Å². The van der Waals surface area contributed by atoms with Crippen LogP contribution >= 0.6 is 0 Å². The average Bonchev–Trinajstić information content (AvgIpc) is 3.26. The van der Waals surface area contributed by atoms with Crippen molar-refractivity contribution in [3.05, 3.63) is 71.8 Å². The van der Waals surface area contributed by atoms with Gasteiger partial charge in [0.25, 0.3) is 0 Å². The fourth-order valence-electron chi connectivity index (χ4n) is 8.49. The van der Waals surface area contributed by atoms with E-state index in [1.54, 1.807) is 0 Å². The lowest BCUT2D eigenvalue weighted by Gasteiger charge is -2.54. The van der Waals surface area contributed by atoms with Crippen molar-refractivity contribution in [2.75, 3.05) is 13.2 Å².